The standard InChI is InChI=1S/C16H20N2O4/c19-12(11-22-13-6-2-1-3-7-13)10-18-14(20)16(17-15(18)21)8-4-5-9-16/h1-3,6-7,12,19H,4-5,8-11H2,(H,17,21)/t12-/m0/s1. The molecule has 1 heterocycles. The molecule has 1 aromatic rings. The highest BCUT2D eigenvalue weighted by Gasteiger charge is 2.52. The van der Waals surface area contributed by atoms with Crippen LogP contribution in [0.25, 0.3) is 0 Å². The Hall–Kier alpha value is -2.08. The molecule has 2 N–H and O–H groups in total. The van der Waals surface area contributed by atoms with Crippen molar-refractivity contribution < 1.29 is 19.4 Å². The smallest absolute Gasteiger partial charge is 0.325 e. The minimum atomic E-state index is -0.911. The van der Waals surface area contributed by atoms with Crippen molar-refractivity contribution >= 4 is 11.9 Å². The van der Waals surface area contributed by atoms with E-state index < -0.39 is 17.7 Å². The lowest BCUT2D eigenvalue weighted by atomic mass is 9.98. The summed E-state index contributed by atoms with van der Waals surface area (Å²) in [6, 6.07) is 8.71. The number of imide groups is 1. The number of carbonyl (C=O) groups is 2. The lowest BCUT2D eigenvalue weighted by molar-refractivity contribution is -0.132. The monoisotopic (exact) mass is 304 g/mol. The zero-order valence-corrected chi connectivity index (χ0v) is 12.3. The normalized spacial score (nSPS) is 21.2. The van der Waals surface area contributed by atoms with Crippen LogP contribution in [0.4, 0.5) is 4.79 Å². The quantitative estimate of drug-likeness (QED) is 0.804. The SMILES string of the molecule is O=C1NC2(CCCC2)C(=O)N1C[C@H](O)COc1ccccc1. The molecule has 1 atom stereocenters. The van der Waals surface area contributed by atoms with Gasteiger partial charge in [0.1, 0.15) is 24.0 Å². The number of carbonyl (C=O) groups excluding carboxylic acids is 2. The number of hydrogen-bond acceptors (Lipinski definition) is 4. The molecule has 0 radical (unpaired) electrons. The predicted molar refractivity (Wildman–Crippen MR) is 79.4 cm³/mol. The van der Waals surface area contributed by atoms with Crippen LogP contribution < -0.4 is 10.1 Å². The van der Waals surface area contributed by atoms with Crippen LogP contribution in [0, 0.1) is 0 Å². The van der Waals surface area contributed by atoms with Crippen LogP contribution in [-0.2, 0) is 4.79 Å². The number of hydrogen-bond donors (Lipinski definition) is 2. The molecular weight excluding hydrogens is 284 g/mol. The number of benzene rings is 1. The van der Waals surface area contributed by atoms with E-state index in [0.29, 0.717) is 18.6 Å². The third-order valence-corrected chi connectivity index (χ3v) is 4.28. The zero-order chi connectivity index (χ0) is 15.6. The molecule has 1 spiro atoms. The summed E-state index contributed by atoms with van der Waals surface area (Å²) in [7, 11) is 0. The summed E-state index contributed by atoms with van der Waals surface area (Å²) in [5.74, 6) is 0.430. The minimum absolute atomic E-state index is 0.0358. The molecular formula is C16H20N2O4. The van der Waals surface area contributed by atoms with Crippen molar-refractivity contribution in [2.45, 2.75) is 37.3 Å². The van der Waals surface area contributed by atoms with E-state index in [9.17, 15) is 14.7 Å². The van der Waals surface area contributed by atoms with Gasteiger partial charge in [-0.25, -0.2) is 4.79 Å². The van der Waals surface area contributed by atoms with E-state index in [1.165, 1.54) is 0 Å². The van der Waals surface area contributed by atoms with E-state index >= 15 is 0 Å². The van der Waals surface area contributed by atoms with Crippen LogP contribution in [0.5, 0.6) is 5.75 Å². The molecule has 1 saturated carbocycles. The Balaban J connectivity index is 1.56. The Bertz CT molecular complexity index is 555. The molecule has 2 aliphatic rings. The van der Waals surface area contributed by atoms with Gasteiger partial charge < -0.3 is 15.2 Å². The van der Waals surface area contributed by atoms with Gasteiger partial charge in [-0.1, -0.05) is 31.0 Å². The topological polar surface area (TPSA) is 78.9 Å². The molecule has 6 heteroatoms. The van der Waals surface area contributed by atoms with Crippen molar-refractivity contribution in [1.29, 1.82) is 0 Å². The number of nitrogens with one attached hydrogen (secondary N) is 1. The molecule has 1 aliphatic heterocycles. The number of aliphatic hydroxyl groups is 1. The molecule has 0 bridgehead atoms. The number of ether oxygens (including phenoxy) is 1. The summed E-state index contributed by atoms with van der Waals surface area (Å²) in [4.78, 5) is 25.6. The van der Waals surface area contributed by atoms with Gasteiger partial charge in [0.25, 0.3) is 5.91 Å². The molecule has 3 amide bonds. The maximum Gasteiger partial charge on any atom is 0.325 e. The summed E-state index contributed by atoms with van der Waals surface area (Å²) in [6.07, 6.45) is 2.35. The Morgan fingerprint density at radius 2 is 1.91 bits per heavy atom. The Morgan fingerprint density at radius 1 is 1.23 bits per heavy atom. The van der Waals surface area contributed by atoms with Crippen LogP contribution in [0.2, 0.25) is 0 Å². The van der Waals surface area contributed by atoms with E-state index in [2.05, 4.69) is 5.32 Å². The average molecular weight is 304 g/mol. The summed E-state index contributed by atoms with van der Waals surface area (Å²) >= 11 is 0. The van der Waals surface area contributed by atoms with Gasteiger partial charge in [0.15, 0.2) is 0 Å². The van der Waals surface area contributed by atoms with E-state index in [1.807, 2.05) is 18.2 Å². The summed E-state index contributed by atoms with van der Waals surface area (Å²) < 4.78 is 5.45. The molecule has 22 heavy (non-hydrogen) atoms. The number of β-amino-alcohol motifs (C(OH)–C–C–N with tert-alkyl or cyclic N) is 1. The average Bonchev–Trinajstić information content (AvgIpc) is 3.08. The third-order valence-electron chi connectivity index (χ3n) is 4.28. The molecule has 1 aromatic carbocycles. The zero-order valence-electron chi connectivity index (χ0n) is 12.3. The third kappa shape index (κ3) is 2.78. The van der Waals surface area contributed by atoms with Gasteiger partial charge in [0, 0.05) is 0 Å². The van der Waals surface area contributed by atoms with Gasteiger partial charge in [-0.3, -0.25) is 9.69 Å². The number of aliphatic hydroxyl groups excluding tert-OH is 1. The summed E-state index contributed by atoms with van der Waals surface area (Å²) in [5.41, 5.74) is -0.725. The van der Waals surface area contributed by atoms with Gasteiger partial charge in [0.05, 0.1) is 6.54 Å². The lowest BCUT2D eigenvalue weighted by Crippen LogP contribution is -2.45. The number of para-hydroxylation sites is 1. The first-order valence-electron chi connectivity index (χ1n) is 7.61. The number of amides is 3. The molecule has 0 aromatic heterocycles. The van der Waals surface area contributed by atoms with Crippen molar-refractivity contribution in [3.63, 3.8) is 0 Å². The van der Waals surface area contributed by atoms with E-state index in [-0.39, 0.29) is 19.1 Å². The first-order chi connectivity index (χ1) is 10.6. The highest BCUT2D eigenvalue weighted by atomic mass is 16.5. The van der Waals surface area contributed by atoms with Gasteiger partial charge >= 0.3 is 6.03 Å². The van der Waals surface area contributed by atoms with Gasteiger partial charge in [-0.05, 0) is 25.0 Å². The fourth-order valence-electron chi connectivity index (χ4n) is 3.13. The molecule has 1 saturated heterocycles. The number of nitrogens with zero attached hydrogens (tertiary/aromatic N) is 1. The summed E-state index contributed by atoms with van der Waals surface area (Å²) in [5, 5.41) is 12.8. The molecule has 118 valence electrons. The van der Waals surface area contributed by atoms with Crippen LogP contribution >= 0.6 is 0 Å². The maximum atomic E-state index is 12.4. The Kier molecular flexibility index (Phi) is 4.02. The van der Waals surface area contributed by atoms with Crippen molar-refractivity contribution in [3.05, 3.63) is 30.3 Å². The van der Waals surface area contributed by atoms with Crippen molar-refractivity contribution in [2.24, 2.45) is 0 Å². The van der Waals surface area contributed by atoms with E-state index in [1.54, 1.807) is 12.1 Å². The van der Waals surface area contributed by atoms with Crippen LogP contribution in [0.15, 0.2) is 30.3 Å². The molecule has 2 fully saturated rings. The second-order valence-electron chi connectivity index (χ2n) is 5.91. The van der Waals surface area contributed by atoms with Crippen molar-refractivity contribution in [3.8, 4) is 5.75 Å². The van der Waals surface area contributed by atoms with Gasteiger partial charge in [-0.15, -0.1) is 0 Å². The van der Waals surface area contributed by atoms with Crippen molar-refractivity contribution in [1.82, 2.24) is 10.2 Å². The second kappa shape index (κ2) is 5.96. The lowest BCUT2D eigenvalue weighted by Gasteiger charge is -2.21. The van der Waals surface area contributed by atoms with Crippen LogP contribution in [-0.4, -0.2) is 46.7 Å². The number of urea groups is 1. The fraction of sp³-hybridized carbons (Fsp3) is 0.500. The first kappa shape index (κ1) is 14.8. The number of rotatable bonds is 5. The first-order valence-corrected chi connectivity index (χ1v) is 7.61. The van der Waals surface area contributed by atoms with Crippen LogP contribution in [0.3, 0.4) is 0 Å². The maximum absolute atomic E-state index is 12.4. The predicted octanol–water partition coefficient (Wildman–Crippen LogP) is 1.29. The fourth-order valence-corrected chi connectivity index (χ4v) is 3.13. The largest absolute Gasteiger partial charge is 0.491 e. The van der Waals surface area contributed by atoms with Gasteiger partial charge in [0.2, 0.25) is 0 Å². The van der Waals surface area contributed by atoms with Gasteiger partial charge in [-0.2, -0.15) is 0 Å². The summed E-state index contributed by atoms with van der Waals surface area (Å²) in [6.45, 7) is -0.00662. The van der Waals surface area contributed by atoms with Crippen molar-refractivity contribution in [2.75, 3.05) is 13.2 Å². The molecule has 1 aliphatic carbocycles. The Morgan fingerprint density at radius 3 is 2.59 bits per heavy atom. The highest BCUT2D eigenvalue weighted by Crippen LogP contribution is 2.35. The van der Waals surface area contributed by atoms with E-state index in [4.69, 9.17) is 4.74 Å². The van der Waals surface area contributed by atoms with Crippen LogP contribution in [0.1, 0.15) is 25.7 Å². The molecule has 0 unspecified atom stereocenters. The Labute approximate surface area is 129 Å². The molecule has 3 rings (SSSR count). The van der Waals surface area contributed by atoms with E-state index in [0.717, 1.165) is 17.7 Å². The second-order valence-corrected chi connectivity index (χ2v) is 5.91. The highest BCUT2D eigenvalue weighted by molar-refractivity contribution is 6.07. The minimum Gasteiger partial charge on any atom is -0.491 e. The molecule has 6 nitrogen and oxygen atoms in total.